The molecule has 1 aromatic rings. The van der Waals surface area contributed by atoms with Crippen LogP contribution in [0, 0.1) is 30.6 Å². The molecule has 0 radical (unpaired) electrons. The lowest BCUT2D eigenvalue weighted by molar-refractivity contribution is -0.0306. The Balaban J connectivity index is 1.59. The van der Waals surface area contributed by atoms with Gasteiger partial charge < -0.3 is 0 Å². The minimum atomic E-state index is -3.41. The van der Waals surface area contributed by atoms with Crippen molar-refractivity contribution in [1.82, 2.24) is 4.31 Å². The summed E-state index contributed by atoms with van der Waals surface area (Å²) in [6.45, 7) is 6.33. The summed E-state index contributed by atoms with van der Waals surface area (Å²) in [6, 6.07) is 7.38. The van der Waals surface area contributed by atoms with Crippen molar-refractivity contribution in [3.63, 3.8) is 0 Å². The Hall–Kier alpha value is -0.870. The van der Waals surface area contributed by atoms with Crippen LogP contribution in [0.15, 0.2) is 29.2 Å². The first-order chi connectivity index (χ1) is 11.3. The summed E-state index contributed by atoms with van der Waals surface area (Å²) < 4.78 is 28.8. The van der Waals surface area contributed by atoms with E-state index in [9.17, 15) is 8.42 Å². The third-order valence-corrected chi connectivity index (χ3v) is 9.82. The van der Waals surface area contributed by atoms with Gasteiger partial charge in [0.2, 0.25) is 10.0 Å². The Morgan fingerprint density at radius 1 is 0.917 bits per heavy atom. The van der Waals surface area contributed by atoms with Crippen LogP contribution in [0.5, 0.6) is 0 Å². The lowest BCUT2D eigenvalue weighted by Gasteiger charge is -2.55. The minimum Gasteiger partial charge on any atom is -0.207 e. The van der Waals surface area contributed by atoms with Gasteiger partial charge in [-0.3, -0.25) is 0 Å². The molecule has 3 nitrogen and oxygen atoms in total. The Labute approximate surface area is 145 Å². The quantitative estimate of drug-likeness (QED) is 0.761. The van der Waals surface area contributed by atoms with E-state index in [1.165, 1.54) is 32.1 Å². The molecule has 4 saturated carbocycles. The summed E-state index contributed by atoms with van der Waals surface area (Å²) in [5.74, 6) is 2.87. The average Bonchev–Trinajstić information content (AvgIpc) is 3.03. The molecule has 1 aliphatic heterocycles. The van der Waals surface area contributed by atoms with Gasteiger partial charge in [0.05, 0.1) is 16.0 Å². The van der Waals surface area contributed by atoms with Crippen molar-refractivity contribution in [2.24, 2.45) is 23.7 Å². The van der Waals surface area contributed by atoms with Gasteiger partial charge in [0.25, 0.3) is 0 Å². The predicted octanol–water partition coefficient (Wildman–Crippen LogP) is 3.97. The SMILES string of the molecule is Cc1ccc(S(=O)(=O)N2C(C)(C)C23C2CC4CC(C2)CC3C4)cc1. The highest BCUT2D eigenvalue weighted by Gasteiger charge is 2.82. The molecule has 1 heterocycles. The third kappa shape index (κ3) is 1.65. The van der Waals surface area contributed by atoms with Crippen LogP contribution in [0.2, 0.25) is 0 Å². The number of hydrogen-bond acceptors (Lipinski definition) is 2. The van der Waals surface area contributed by atoms with Crippen LogP contribution in [0.3, 0.4) is 0 Å². The molecule has 1 saturated heterocycles. The second-order valence-electron chi connectivity index (χ2n) is 9.27. The van der Waals surface area contributed by atoms with Gasteiger partial charge in [0, 0.05) is 0 Å². The zero-order chi connectivity index (χ0) is 16.9. The highest BCUT2D eigenvalue weighted by molar-refractivity contribution is 7.89. The van der Waals surface area contributed by atoms with E-state index in [0.717, 1.165) is 17.4 Å². The maximum Gasteiger partial charge on any atom is 0.244 e. The van der Waals surface area contributed by atoms with Gasteiger partial charge in [0.15, 0.2) is 0 Å². The van der Waals surface area contributed by atoms with E-state index in [4.69, 9.17) is 0 Å². The van der Waals surface area contributed by atoms with Crippen LogP contribution in [0.1, 0.15) is 51.5 Å². The maximum absolute atomic E-state index is 13.4. The predicted molar refractivity (Wildman–Crippen MR) is 94.1 cm³/mol. The summed E-state index contributed by atoms with van der Waals surface area (Å²) in [6.07, 6.45) is 6.38. The molecule has 6 rings (SSSR count). The monoisotopic (exact) mass is 345 g/mol. The number of benzene rings is 1. The van der Waals surface area contributed by atoms with Crippen LogP contribution in [0.4, 0.5) is 0 Å². The van der Waals surface area contributed by atoms with E-state index in [1.54, 1.807) is 12.1 Å². The molecule has 5 fully saturated rings. The minimum absolute atomic E-state index is 0.107. The van der Waals surface area contributed by atoms with Crippen LogP contribution in [-0.4, -0.2) is 23.8 Å². The van der Waals surface area contributed by atoms with Gasteiger partial charge in [-0.2, -0.15) is 4.31 Å². The van der Waals surface area contributed by atoms with Gasteiger partial charge in [0.1, 0.15) is 0 Å². The van der Waals surface area contributed by atoms with Crippen molar-refractivity contribution in [3.05, 3.63) is 29.8 Å². The van der Waals surface area contributed by atoms with E-state index < -0.39 is 10.0 Å². The molecular formula is C20H27NO2S. The molecule has 24 heavy (non-hydrogen) atoms. The maximum atomic E-state index is 13.4. The molecule has 1 aromatic carbocycles. The number of nitrogens with zero attached hydrogens (tertiary/aromatic N) is 1. The topological polar surface area (TPSA) is 37.1 Å². The van der Waals surface area contributed by atoms with Crippen molar-refractivity contribution in [2.75, 3.05) is 0 Å². The van der Waals surface area contributed by atoms with Gasteiger partial charge in [-0.15, -0.1) is 0 Å². The van der Waals surface area contributed by atoms with Crippen molar-refractivity contribution >= 4 is 10.0 Å². The standard InChI is InChI=1S/C20H27NO2S/c1-13-4-6-18(7-5-13)24(22,23)21-19(2,3)20(21)16-9-14-8-15(11-16)12-17(20)10-14/h4-7,14-17H,8-12H2,1-3H3. The van der Waals surface area contributed by atoms with Crippen molar-refractivity contribution < 1.29 is 8.42 Å². The molecule has 1 unspecified atom stereocenters. The second kappa shape index (κ2) is 4.45. The summed E-state index contributed by atoms with van der Waals surface area (Å²) in [4.78, 5) is 0.465. The van der Waals surface area contributed by atoms with Crippen LogP contribution < -0.4 is 0 Å². The van der Waals surface area contributed by atoms with Gasteiger partial charge in [-0.05, 0) is 88.7 Å². The number of rotatable bonds is 2. The molecule has 4 aliphatic carbocycles. The Kier molecular flexibility index (Phi) is 2.85. The van der Waals surface area contributed by atoms with Crippen LogP contribution >= 0.6 is 0 Å². The molecule has 130 valence electrons. The molecule has 0 N–H and O–H groups in total. The van der Waals surface area contributed by atoms with E-state index in [1.807, 2.05) is 23.4 Å². The van der Waals surface area contributed by atoms with Gasteiger partial charge >= 0.3 is 0 Å². The first-order valence-electron chi connectivity index (χ1n) is 9.40. The highest BCUT2D eigenvalue weighted by atomic mass is 32.2. The van der Waals surface area contributed by atoms with E-state index in [-0.39, 0.29) is 11.1 Å². The van der Waals surface area contributed by atoms with Crippen LogP contribution in [-0.2, 0) is 10.0 Å². The summed E-state index contributed by atoms with van der Waals surface area (Å²) >= 11 is 0. The molecule has 0 amide bonds. The fraction of sp³-hybridized carbons (Fsp3) is 0.700. The summed E-state index contributed by atoms with van der Waals surface area (Å²) in [5, 5.41) is 0. The van der Waals surface area contributed by atoms with Crippen LogP contribution in [0.25, 0.3) is 0 Å². The largest absolute Gasteiger partial charge is 0.244 e. The summed E-state index contributed by atoms with van der Waals surface area (Å²) in [5.41, 5.74) is 0.757. The number of hydrogen-bond donors (Lipinski definition) is 0. The van der Waals surface area contributed by atoms with E-state index >= 15 is 0 Å². The molecule has 1 spiro atoms. The molecule has 4 bridgehead atoms. The lowest BCUT2D eigenvalue weighted by Crippen LogP contribution is -2.54. The zero-order valence-electron chi connectivity index (χ0n) is 14.8. The number of sulfonamides is 1. The third-order valence-electron chi connectivity index (χ3n) is 7.72. The van der Waals surface area contributed by atoms with Crippen molar-refractivity contribution in [1.29, 1.82) is 0 Å². The Morgan fingerprint density at radius 2 is 1.42 bits per heavy atom. The summed E-state index contributed by atoms with van der Waals surface area (Å²) in [7, 11) is -3.41. The van der Waals surface area contributed by atoms with Crippen molar-refractivity contribution in [2.45, 2.75) is 68.8 Å². The van der Waals surface area contributed by atoms with Gasteiger partial charge in [-0.25, -0.2) is 8.42 Å². The van der Waals surface area contributed by atoms with E-state index in [0.29, 0.717) is 16.7 Å². The van der Waals surface area contributed by atoms with E-state index in [2.05, 4.69) is 13.8 Å². The van der Waals surface area contributed by atoms with Crippen molar-refractivity contribution in [3.8, 4) is 0 Å². The second-order valence-corrected chi connectivity index (χ2v) is 11.1. The first-order valence-corrected chi connectivity index (χ1v) is 10.8. The molecule has 0 aromatic heterocycles. The zero-order valence-corrected chi connectivity index (χ0v) is 15.6. The molecular weight excluding hydrogens is 318 g/mol. The lowest BCUT2D eigenvalue weighted by atomic mass is 9.49. The first kappa shape index (κ1) is 15.4. The molecule has 4 heteroatoms. The average molecular weight is 346 g/mol. The Bertz CT molecular complexity index is 765. The molecule has 1 atom stereocenters. The smallest absolute Gasteiger partial charge is 0.207 e. The normalized spacial score (nSPS) is 44.9. The fourth-order valence-corrected chi connectivity index (χ4v) is 9.46. The van der Waals surface area contributed by atoms with Gasteiger partial charge in [-0.1, -0.05) is 17.7 Å². The molecule has 5 aliphatic rings. The fourth-order valence-electron chi connectivity index (χ4n) is 7.15. The Morgan fingerprint density at radius 3 is 1.92 bits per heavy atom. The highest BCUT2D eigenvalue weighted by Crippen LogP contribution is 2.73. The number of aryl methyl sites for hydroxylation is 1.